The second kappa shape index (κ2) is 7.88. The molecule has 0 aliphatic rings. The van der Waals surface area contributed by atoms with Crippen LogP contribution in [0.1, 0.15) is 16.1 Å². The number of ether oxygens (including phenoxy) is 1. The highest BCUT2D eigenvalue weighted by molar-refractivity contribution is 5.92. The second-order valence-electron chi connectivity index (χ2n) is 4.90. The first-order chi connectivity index (χ1) is 11.1. The molecule has 2 aromatic rings. The zero-order chi connectivity index (χ0) is 16.7. The molecule has 1 aromatic carbocycles. The van der Waals surface area contributed by atoms with Crippen LogP contribution in [0.4, 0.5) is 0 Å². The molecule has 120 valence electrons. The Hall–Kier alpha value is -2.96. The molecule has 1 atom stereocenters. The van der Waals surface area contributed by atoms with Gasteiger partial charge in [0.25, 0.3) is 5.91 Å². The predicted octanol–water partition coefficient (Wildman–Crippen LogP) is 1.16. The maximum atomic E-state index is 12.0. The number of carbonyl (C=O) groups is 2. The van der Waals surface area contributed by atoms with Crippen molar-refractivity contribution in [3.63, 3.8) is 0 Å². The molecule has 0 radical (unpaired) electrons. The third-order valence-electron chi connectivity index (χ3n) is 3.27. The zero-order valence-corrected chi connectivity index (χ0v) is 12.6. The van der Waals surface area contributed by atoms with Gasteiger partial charge in [0.2, 0.25) is 5.88 Å². The summed E-state index contributed by atoms with van der Waals surface area (Å²) in [6.07, 6.45) is 0.338. The summed E-state index contributed by atoms with van der Waals surface area (Å²) in [4.78, 5) is 23.3. The van der Waals surface area contributed by atoms with Crippen LogP contribution in [0.25, 0.3) is 0 Å². The molecule has 0 saturated heterocycles. The van der Waals surface area contributed by atoms with E-state index in [-0.39, 0.29) is 12.2 Å². The van der Waals surface area contributed by atoms with Crippen molar-refractivity contribution in [3.8, 4) is 5.88 Å². The molecule has 2 rings (SSSR count). The average Bonchev–Trinajstić information content (AvgIpc) is 2.59. The maximum Gasteiger partial charge on any atom is 0.308 e. The summed E-state index contributed by atoms with van der Waals surface area (Å²) >= 11 is 0. The molecular formula is C16H17N3O4. The van der Waals surface area contributed by atoms with Crippen LogP contribution >= 0.6 is 0 Å². The Balaban J connectivity index is 1.95. The molecule has 0 bridgehead atoms. The van der Waals surface area contributed by atoms with Crippen molar-refractivity contribution in [2.24, 2.45) is 5.92 Å². The molecule has 1 heterocycles. The average molecular weight is 315 g/mol. The van der Waals surface area contributed by atoms with Crippen molar-refractivity contribution >= 4 is 11.9 Å². The lowest BCUT2D eigenvalue weighted by atomic mass is 9.99. The van der Waals surface area contributed by atoms with Crippen molar-refractivity contribution in [1.29, 1.82) is 0 Å². The maximum absolute atomic E-state index is 12.0. The third kappa shape index (κ3) is 4.77. The van der Waals surface area contributed by atoms with Crippen LogP contribution in [0.5, 0.6) is 5.88 Å². The summed E-state index contributed by atoms with van der Waals surface area (Å²) in [5.74, 6) is -1.85. The minimum atomic E-state index is -0.963. The van der Waals surface area contributed by atoms with Crippen molar-refractivity contribution in [1.82, 2.24) is 15.5 Å². The van der Waals surface area contributed by atoms with Gasteiger partial charge in [-0.15, -0.1) is 10.2 Å². The van der Waals surface area contributed by atoms with E-state index in [0.717, 1.165) is 5.56 Å². The fourth-order valence-corrected chi connectivity index (χ4v) is 2.00. The van der Waals surface area contributed by atoms with Gasteiger partial charge in [0, 0.05) is 12.6 Å². The van der Waals surface area contributed by atoms with Crippen molar-refractivity contribution in [3.05, 3.63) is 53.7 Å². The molecule has 1 amide bonds. The topological polar surface area (TPSA) is 101 Å². The van der Waals surface area contributed by atoms with Crippen molar-refractivity contribution in [2.45, 2.75) is 6.42 Å². The number of amides is 1. The highest BCUT2D eigenvalue weighted by Crippen LogP contribution is 2.09. The van der Waals surface area contributed by atoms with Crippen LogP contribution in [-0.2, 0) is 11.2 Å². The smallest absolute Gasteiger partial charge is 0.308 e. The number of methoxy groups -OCH3 is 1. The van der Waals surface area contributed by atoms with E-state index in [0.29, 0.717) is 12.3 Å². The summed E-state index contributed by atoms with van der Waals surface area (Å²) in [6.45, 7) is 0.0107. The lowest BCUT2D eigenvalue weighted by Crippen LogP contribution is -2.34. The number of hydrogen-bond acceptors (Lipinski definition) is 5. The number of rotatable bonds is 7. The van der Waals surface area contributed by atoms with Gasteiger partial charge in [0.15, 0.2) is 5.69 Å². The van der Waals surface area contributed by atoms with Gasteiger partial charge >= 0.3 is 5.97 Å². The van der Waals surface area contributed by atoms with Crippen LogP contribution in [0.3, 0.4) is 0 Å². The third-order valence-corrected chi connectivity index (χ3v) is 3.27. The van der Waals surface area contributed by atoms with Crippen LogP contribution in [0.15, 0.2) is 42.5 Å². The van der Waals surface area contributed by atoms with Crippen molar-refractivity contribution in [2.75, 3.05) is 13.7 Å². The number of carboxylic acid groups (broad SMARTS) is 1. The minimum absolute atomic E-state index is 0.0107. The van der Waals surface area contributed by atoms with E-state index in [1.165, 1.54) is 19.2 Å². The fourth-order valence-electron chi connectivity index (χ4n) is 2.00. The second-order valence-corrected chi connectivity index (χ2v) is 4.90. The standard InChI is InChI=1S/C16H17N3O4/c1-23-14-8-7-13(18-19-14)15(20)17-10-12(16(21)22)9-11-5-3-2-4-6-11/h2-8,12H,9-10H2,1H3,(H,17,20)(H,21,22)/t12-/m0/s1. The molecule has 0 fully saturated rings. The van der Waals surface area contributed by atoms with Crippen LogP contribution < -0.4 is 10.1 Å². The van der Waals surface area contributed by atoms with E-state index in [4.69, 9.17) is 4.74 Å². The summed E-state index contributed by atoms with van der Waals surface area (Å²) < 4.78 is 4.86. The van der Waals surface area contributed by atoms with E-state index in [1.807, 2.05) is 30.3 Å². The molecule has 0 spiro atoms. The number of nitrogens with zero attached hydrogens (tertiary/aromatic N) is 2. The summed E-state index contributed by atoms with van der Waals surface area (Å²) in [7, 11) is 1.45. The molecule has 2 N–H and O–H groups in total. The summed E-state index contributed by atoms with van der Waals surface area (Å²) in [5, 5.41) is 19.3. The largest absolute Gasteiger partial charge is 0.481 e. The van der Waals surface area contributed by atoms with Crippen molar-refractivity contribution < 1.29 is 19.4 Å². The zero-order valence-electron chi connectivity index (χ0n) is 12.6. The Kier molecular flexibility index (Phi) is 5.62. The van der Waals surface area contributed by atoms with Gasteiger partial charge in [0.1, 0.15) is 0 Å². The normalized spacial score (nSPS) is 11.5. The Morgan fingerprint density at radius 3 is 2.48 bits per heavy atom. The monoisotopic (exact) mass is 315 g/mol. The Morgan fingerprint density at radius 1 is 1.17 bits per heavy atom. The Bertz CT molecular complexity index is 659. The molecule has 0 aliphatic heterocycles. The summed E-state index contributed by atoms with van der Waals surface area (Å²) in [6, 6.07) is 12.2. The molecule has 0 saturated carbocycles. The van der Waals surface area contributed by atoms with Gasteiger partial charge in [-0.2, -0.15) is 0 Å². The molecular weight excluding hydrogens is 298 g/mol. The fraction of sp³-hybridized carbons (Fsp3) is 0.250. The first-order valence-corrected chi connectivity index (χ1v) is 7.03. The highest BCUT2D eigenvalue weighted by atomic mass is 16.5. The number of hydrogen-bond donors (Lipinski definition) is 2. The van der Waals surface area contributed by atoms with Gasteiger partial charge in [-0.05, 0) is 18.1 Å². The van der Waals surface area contributed by atoms with Gasteiger partial charge in [-0.3, -0.25) is 9.59 Å². The molecule has 23 heavy (non-hydrogen) atoms. The van der Waals surface area contributed by atoms with Gasteiger partial charge < -0.3 is 15.2 Å². The lowest BCUT2D eigenvalue weighted by molar-refractivity contribution is -0.141. The molecule has 7 heteroatoms. The van der Waals surface area contributed by atoms with Crippen LogP contribution in [-0.4, -0.2) is 40.8 Å². The summed E-state index contributed by atoms with van der Waals surface area (Å²) in [5.41, 5.74) is 1.01. The van der Waals surface area contributed by atoms with Gasteiger partial charge in [-0.25, -0.2) is 0 Å². The van der Waals surface area contributed by atoms with E-state index < -0.39 is 17.8 Å². The number of benzene rings is 1. The van der Waals surface area contributed by atoms with E-state index >= 15 is 0 Å². The SMILES string of the molecule is COc1ccc(C(=O)NC[C@H](Cc2ccccc2)C(=O)O)nn1. The number of nitrogens with one attached hydrogen (secondary N) is 1. The number of carbonyl (C=O) groups excluding carboxylic acids is 1. The predicted molar refractivity (Wildman–Crippen MR) is 82.2 cm³/mol. The highest BCUT2D eigenvalue weighted by Gasteiger charge is 2.19. The van der Waals surface area contributed by atoms with E-state index in [1.54, 1.807) is 0 Å². The lowest BCUT2D eigenvalue weighted by Gasteiger charge is -2.13. The first kappa shape index (κ1) is 16.4. The first-order valence-electron chi connectivity index (χ1n) is 7.03. The van der Waals surface area contributed by atoms with Gasteiger partial charge in [0.05, 0.1) is 13.0 Å². The van der Waals surface area contributed by atoms with Gasteiger partial charge in [-0.1, -0.05) is 30.3 Å². The minimum Gasteiger partial charge on any atom is -0.481 e. The molecule has 7 nitrogen and oxygen atoms in total. The van der Waals surface area contributed by atoms with Crippen LogP contribution in [0.2, 0.25) is 0 Å². The Labute approximate surface area is 133 Å². The number of carboxylic acids is 1. The van der Waals surface area contributed by atoms with E-state index in [9.17, 15) is 14.7 Å². The van der Waals surface area contributed by atoms with Crippen LogP contribution in [0, 0.1) is 5.92 Å². The number of aliphatic carboxylic acids is 1. The molecule has 0 aliphatic carbocycles. The van der Waals surface area contributed by atoms with E-state index in [2.05, 4.69) is 15.5 Å². The Morgan fingerprint density at radius 2 is 1.91 bits per heavy atom. The number of aromatic nitrogens is 2. The molecule has 0 unspecified atom stereocenters. The molecule has 1 aromatic heterocycles. The quantitative estimate of drug-likeness (QED) is 0.795.